The highest BCUT2D eigenvalue weighted by Gasteiger charge is 2.17. The van der Waals surface area contributed by atoms with Crippen LogP contribution in [0.3, 0.4) is 0 Å². The first-order valence-electron chi connectivity index (χ1n) is 6.14. The number of fused-ring (bicyclic) bond motifs is 1. The zero-order valence-electron chi connectivity index (χ0n) is 9.76. The van der Waals surface area contributed by atoms with Crippen LogP contribution in [-0.2, 0) is 6.42 Å². The predicted molar refractivity (Wildman–Crippen MR) is 66.7 cm³/mol. The van der Waals surface area contributed by atoms with Crippen molar-refractivity contribution in [2.24, 2.45) is 5.92 Å². The molecule has 5 heteroatoms. The Bertz CT molecular complexity index is 513. The van der Waals surface area contributed by atoms with Crippen LogP contribution in [0.5, 0.6) is 0 Å². The summed E-state index contributed by atoms with van der Waals surface area (Å²) in [5.41, 5.74) is 6.81. The fraction of sp³-hybridized carbons (Fsp3) is 0.500. The van der Waals surface area contributed by atoms with Crippen LogP contribution in [0.4, 0.5) is 5.82 Å². The number of hydrogen-bond donors (Lipinski definition) is 2. The number of rotatable bonds is 2. The van der Waals surface area contributed by atoms with Crippen molar-refractivity contribution in [1.29, 1.82) is 0 Å². The fourth-order valence-electron chi connectivity index (χ4n) is 2.52. The predicted octanol–water partition coefficient (Wildman–Crippen LogP) is 0.854. The largest absolute Gasteiger partial charge is 0.385 e. The van der Waals surface area contributed by atoms with Gasteiger partial charge in [0.25, 0.3) is 0 Å². The molecule has 1 aliphatic heterocycles. The molecule has 3 rings (SSSR count). The topological polar surface area (TPSA) is 68.2 Å². The van der Waals surface area contributed by atoms with E-state index in [2.05, 4.69) is 15.5 Å². The van der Waals surface area contributed by atoms with Crippen LogP contribution < -0.4 is 11.1 Å². The summed E-state index contributed by atoms with van der Waals surface area (Å²) in [7, 11) is 0. The lowest BCUT2D eigenvalue weighted by Gasteiger charge is -2.21. The molecule has 0 amide bonds. The van der Waals surface area contributed by atoms with Crippen LogP contribution in [0.2, 0.25) is 0 Å². The summed E-state index contributed by atoms with van der Waals surface area (Å²) in [4.78, 5) is 0. The van der Waals surface area contributed by atoms with Gasteiger partial charge in [-0.3, -0.25) is 4.40 Å². The molecule has 0 aromatic carbocycles. The first-order valence-corrected chi connectivity index (χ1v) is 6.14. The normalized spacial score (nSPS) is 20.8. The number of nitrogens with one attached hydrogen (secondary N) is 1. The highest BCUT2D eigenvalue weighted by atomic mass is 15.3. The molecule has 0 aliphatic carbocycles. The SMILES string of the molecule is Nc1cccc2nnc(CC3CCCNC3)n12. The van der Waals surface area contributed by atoms with Crippen molar-refractivity contribution in [2.45, 2.75) is 19.3 Å². The highest BCUT2D eigenvalue weighted by molar-refractivity contribution is 5.47. The molecule has 2 aromatic rings. The van der Waals surface area contributed by atoms with Crippen LogP contribution >= 0.6 is 0 Å². The van der Waals surface area contributed by atoms with Gasteiger partial charge in [0.05, 0.1) is 0 Å². The molecule has 3 heterocycles. The zero-order valence-corrected chi connectivity index (χ0v) is 9.76. The molecule has 1 unspecified atom stereocenters. The summed E-state index contributed by atoms with van der Waals surface area (Å²) in [5.74, 6) is 2.34. The van der Waals surface area contributed by atoms with E-state index in [4.69, 9.17) is 5.73 Å². The number of nitrogens with zero attached hydrogens (tertiary/aromatic N) is 3. The maximum Gasteiger partial charge on any atom is 0.162 e. The van der Waals surface area contributed by atoms with Gasteiger partial charge < -0.3 is 11.1 Å². The van der Waals surface area contributed by atoms with E-state index in [-0.39, 0.29) is 0 Å². The van der Waals surface area contributed by atoms with Crippen LogP contribution in [0, 0.1) is 5.92 Å². The third-order valence-electron chi connectivity index (χ3n) is 3.40. The molecule has 1 saturated heterocycles. The van der Waals surface area contributed by atoms with Gasteiger partial charge in [0.1, 0.15) is 11.6 Å². The Morgan fingerprint density at radius 2 is 2.35 bits per heavy atom. The summed E-state index contributed by atoms with van der Waals surface area (Å²) in [6.07, 6.45) is 3.45. The lowest BCUT2D eigenvalue weighted by molar-refractivity contribution is 0.370. The number of pyridine rings is 1. The van der Waals surface area contributed by atoms with Crippen molar-refractivity contribution in [3.05, 3.63) is 24.0 Å². The number of piperidine rings is 1. The molecule has 0 spiro atoms. The van der Waals surface area contributed by atoms with E-state index in [0.29, 0.717) is 11.7 Å². The van der Waals surface area contributed by atoms with E-state index in [1.807, 2.05) is 22.6 Å². The molecule has 5 nitrogen and oxygen atoms in total. The van der Waals surface area contributed by atoms with Crippen LogP contribution in [0.25, 0.3) is 5.65 Å². The minimum absolute atomic E-state index is 0.649. The van der Waals surface area contributed by atoms with E-state index < -0.39 is 0 Å². The Morgan fingerprint density at radius 3 is 3.18 bits per heavy atom. The zero-order chi connectivity index (χ0) is 11.7. The second kappa shape index (κ2) is 4.33. The highest BCUT2D eigenvalue weighted by Crippen LogP contribution is 2.17. The second-order valence-electron chi connectivity index (χ2n) is 4.68. The number of hydrogen-bond acceptors (Lipinski definition) is 4. The van der Waals surface area contributed by atoms with Gasteiger partial charge in [-0.05, 0) is 44.0 Å². The molecule has 0 saturated carbocycles. The molecule has 0 bridgehead atoms. The minimum atomic E-state index is 0.649. The van der Waals surface area contributed by atoms with Crippen molar-refractivity contribution in [3.8, 4) is 0 Å². The fourth-order valence-corrected chi connectivity index (χ4v) is 2.52. The summed E-state index contributed by atoms with van der Waals surface area (Å²) in [5, 5.41) is 11.8. The average molecular weight is 231 g/mol. The van der Waals surface area contributed by atoms with Crippen molar-refractivity contribution in [1.82, 2.24) is 19.9 Å². The van der Waals surface area contributed by atoms with Crippen LogP contribution in [0.15, 0.2) is 18.2 Å². The Balaban J connectivity index is 1.89. The van der Waals surface area contributed by atoms with E-state index >= 15 is 0 Å². The summed E-state index contributed by atoms with van der Waals surface area (Å²) < 4.78 is 1.95. The molecule has 1 fully saturated rings. The quantitative estimate of drug-likeness (QED) is 0.804. The van der Waals surface area contributed by atoms with E-state index in [1.165, 1.54) is 12.8 Å². The van der Waals surface area contributed by atoms with Gasteiger partial charge in [-0.25, -0.2) is 0 Å². The number of nitrogens with two attached hydrogens (primary N) is 1. The summed E-state index contributed by atoms with van der Waals surface area (Å²) in [6.45, 7) is 2.21. The molecule has 1 aliphatic rings. The molecule has 90 valence electrons. The maximum absolute atomic E-state index is 5.97. The summed E-state index contributed by atoms with van der Waals surface area (Å²) >= 11 is 0. The lowest BCUT2D eigenvalue weighted by atomic mass is 9.96. The maximum atomic E-state index is 5.97. The van der Waals surface area contributed by atoms with Gasteiger partial charge >= 0.3 is 0 Å². The molecule has 17 heavy (non-hydrogen) atoms. The number of nitrogen functional groups attached to an aromatic ring is 1. The average Bonchev–Trinajstić information content (AvgIpc) is 2.75. The number of anilines is 1. The van der Waals surface area contributed by atoms with Crippen molar-refractivity contribution in [3.63, 3.8) is 0 Å². The standard InChI is InChI=1S/C12H17N5/c13-10-4-1-5-11-15-16-12(17(10)11)7-9-3-2-6-14-8-9/h1,4-5,9,14H,2-3,6-8,13H2. The Kier molecular flexibility index (Phi) is 2.68. The molecule has 0 radical (unpaired) electrons. The van der Waals surface area contributed by atoms with Gasteiger partial charge in [0, 0.05) is 6.42 Å². The molecule has 1 atom stereocenters. The molecule has 3 N–H and O–H groups in total. The molecular formula is C12H17N5. The van der Waals surface area contributed by atoms with E-state index in [9.17, 15) is 0 Å². The van der Waals surface area contributed by atoms with Crippen molar-refractivity contribution in [2.75, 3.05) is 18.8 Å². The van der Waals surface area contributed by atoms with Crippen LogP contribution in [0.1, 0.15) is 18.7 Å². The smallest absolute Gasteiger partial charge is 0.162 e. The molecular weight excluding hydrogens is 214 g/mol. The third kappa shape index (κ3) is 1.98. The van der Waals surface area contributed by atoms with Crippen molar-refractivity contribution < 1.29 is 0 Å². The minimum Gasteiger partial charge on any atom is -0.385 e. The van der Waals surface area contributed by atoms with Gasteiger partial charge in [0.15, 0.2) is 5.65 Å². The van der Waals surface area contributed by atoms with Crippen molar-refractivity contribution >= 4 is 11.5 Å². The van der Waals surface area contributed by atoms with Gasteiger partial charge in [0.2, 0.25) is 0 Å². The van der Waals surface area contributed by atoms with Gasteiger partial charge in [-0.1, -0.05) is 6.07 Å². The van der Waals surface area contributed by atoms with Gasteiger partial charge in [-0.2, -0.15) is 0 Å². The third-order valence-corrected chi connectivity index (χ3v) is 3.40. The Hall–Kier alpha value is -1.62. The number of aromatic nitrogens is 3. The van der Waals surface area contributed by atoms with Gasteiger partial charge in [-0.15, -0.1) is 10.2 Å². The Morgan fingerprint density at radius 1 is 1.41 bits per heavy atom. The van der Waals surface area contributed by atoms with E-state index in [0.717, 1.165) is 31.0 Å². The van der Waals surface area contributed by atoms with Crippen LogP contribution in [-0.4, -0.2) is 27.7 Å². The lowest BCUT2D eigenvalue weighted by Crippen LogP contribution is -2.31. The first-order chi connectivity index (χ1) is 8.34. The Labute approximate surface area is 100 Å². The second-order valence-corrected chi connectivity index (χ2v) is 4.68. The first kappa shape index (κ1) is 10.5. The summed E-state index contributed by atoms with van der Waals surface area (Å²) in [6, 6.07) is 5.73. The molecule has 2 aromatic heterocycles. The monoisotopic (exact) mass is 231 g/mol. The van der Waals surface area contributed by atoms with E-state index in [1.54, 1.807) is 0 Å².